The number of carbonyl (C=O) groups excluding carboxylic acids is 1. The maximum atomic E-state index is 11.9. The summed E-state index contributed by atoms with van der Waals surface area (Å²) in [4.78, 5) is 13.5. The van der Waals surface area contributed by atoms with Crippen LogP contribution in [-0.2, 0) is 15.7 Å². The second-order valence-corrected chi connectivity index (χ2v) is 8.58. The van der Waals surface area contributed by atoms with Crippen LogP contribution < -0.4 is 0 Å². The number of nitrogens with zero attached hydrogens (tertiary/aromatic N) is 2. The van der Waals surface area contributed by atoms with Crippen molar-refractivity contribution in [3.05, 3.63) is 0 Å². The first kappa shape index (κ1) is 16.1. The van der Waals surface area contributed by atoms with Crippen molar-refractivity contribution in [1.29, 1.82) is 0 Å². The first-order chi connectivity index (χ1) is 8.49. The lowest BCUT2D eigenvalue weighted by Crippen LogP contribution is -2.35. The second-order valence-electron chi connectivity index (χ2n) is 6.67. The molecule has 0 aromatic rings. The highest BCUT2D eigenvalue weighted by molar-refractivity contribution is 7.85. The van der Waals surface area contributed by atoms with E-state index in [-0.39, 0.29) is 10.8 Å². The average molecular weight is 288 g/mol. The van der Waals surface area contributed by atoms with E-state index in [0.29, 0.717) is 19.5 Å². The van der Waals surface area contributed by atoms with Gasteiger partial charge in [-0.05, 0) is 41.5 Å². The third-order valence-corrected chi connectivity index (χ3v) is 3.90. The number of carbonyl (C=O) groups is 1. The second kappa shape index (κ2) is 5.61. The van der Waals surface area contributed by atoms with Gasteiger partial charge in [-0.2, -0.15) is 4.40 Å². The monoisotopic (exact) mass is 288 g/mol. The van der Waals surface area contributed by atoms with E-state index in [1.807, 2.05) is 41.5 Å². The van der Waals surface area contributed by atoms with Crippen molar-refractivity contribution in [2.75, 3.05) is 13.1 Å². The Morgan fingerprint density at radius 3 is 2.32 bits per heavy atom. The first-order valence-electron chi connectivity index (χ1n) is 6.45. The molecule has 0 saturated carbocycles. The summed E-state index contributed by atoms with van der Waals surface area (Å²) >= 11 is 0. The zero-order valence-corrected chi connectivity index (χ0v) is 13.5. The zero-order chi connectivity index (χ0) is 14.8. The van der Waals surface area contributed by atoms with Crippen LogP contribution >= 0.6 is 0 Å². The van der Waals surface area contributed by atoms with Gasteiger partial charge >= 0.3 is 6.09 Å². The maximum Gasteiger partial charge on any atom is 0.410 e. The van der Waals surface area contributed by atoms with Gasteiger partial charge in [0.2, 0.25) is 0 Å². The summed E-state index contributed by atoms with van der Waals surface area (Å²) in [6.45, 7) is 12.2. The molecule has 1 unspecified atom stereocenters. The Hall–Kier alpha value is -0.910. The molecular formula is C13H24N2O3S. The predicted octanol–water partition coefficient (Wildman–Crippen LogP) is 2.53. The molecule has 0 aromatic heterocycles. The molecule has 0 N–H and O–H groups in total. The molecule has 5 nitrogen and oxygen atoms in total. The van der Waals surface area contributed by atoms with Crippen LogP contribution in [0.1, 0.15) is 48.0 Å². The van der Waals surface area contributed by atoms with Crippen LogP contribution in [0.15, 0.2) is 4.40 Å². The third-order valence-electron chi connectivity index (χ3n) is 2.43. The molecule has 1 atom stereocenters. The molecule has 0 radical (unpaired) electrons. The van der Waals surface area contributed by atoms with Gasteiger partial charge in [0.1, 0.15) is 16.6 Å². The largest absolute Gasteiger partial charge is 0.444 e. The van der Waals surface area contributed by atoms with Crippen molar-refractivity contribution in [3.63, 3.8) is 0 Å². The van der Waals surface area contributed by atoms with Crippen LogP contribution in [-0.4, -0.2) is 44.4 Å². The van der Waals surface area contributed by atoms with Crippen molar-refractivity contribution >= 4 is 22.8 Å². The molecule has 0 aliphatic carbocycles. The Morgan fingerprint density at radius 2 is 1.84 bits per heavy atom. The molecule has 19 heavy (non-hydrogen) atoms. The summed E-state index contributed by atoms with van der Waals surface area (Å²) in [5.41, 5.74) is 0.310. The zero-order valence-electron chi connectivity index (χ0n) is 12.6. The van der Waals surface area contributed by atoms with Crippen molar-refractivity contribution in [1.82, 2.24) is 4.90 Å². The summed E-state index contributed by atoms with van der Waals surface area (Å²) < 4.78 is 21.1. The van der Waals surface area contributed by atoms with E-state index >= 15 is 0 Å². The normalized spacial score (nSPS) is 20.7. The summed E-state index contributed by atoms with van der Waals surface area (Å²) in [5, 5.41) is 0. The number of rotatable bonds is 1. The lowest BCUT2D eigenvalue weighted by atomic mass is 10.2. The topological polar surface area (TPSA) is 59.0 Å². The Balaban J connectivity index is 2.62. The van der Waals surface area contributed by atoms with Crippen LogP contribution in [0, 0.1) is 0 Å². The van der Waals surface area contributed by atoms with Crippen LogP contribution in [0.3, 0.4) is 0 Å². The Bertz CT molecular complexity index is 405. The lowest BCUT2D eigenvalue weighted by Gasteiger charge is -2.23. The minimum absolute atomic E-state index is 0.334. The SMILES string of the molecule is CC(C)(C)OC(=O)N1CC/C(=N/S(=O)C(C)(C)C)C1. The first-order valence-corrected chi connectivity index (χ1v) is 7.56. The smallest absolute Gasteiger partial charge is 0.410 e. The van der Waals surface area contributed by atoms with E-state index in [2.05, 4.69) is 4.40 Å². The number of likely N-dealkylation sites (tertiary alicyclic amines) is 1. The molecule has 1 heterocycles. The van der Waals surface area contributed by atoms with Gasteiger partial charge in [-0.25, -0.2) is 9.00 Å². The molecular weight excluding hydrogens is 264 g/mol. The molecule has 1 aliphatic rings. The molecule has 1 aliphatic heterocycles. The van der Waals surface area contributed by atoms with Crippen LogP contribution in [0.2, 0.25) is 0 Å². The van der Waals surface area contributed by atoms with Crippen LogP contribution in [0.4, 0.5) is 4.79 Å². The highest BCUT2D eigenvalue weighted by Crippen LogP contribution is 2.17. The van der Waals surface area contributed by atoms with Crippen molar-refractivity contribution in [2.45, 2.75) is 58.3 Å². The van der Waals surface area contributed by atoms with Gasteiger partial charge in [0, 0.05) is 13.0 Å². The maximum absolute atomic E-state index is 11.9. The van der Waals surface area contributed by atoms with Gasteiger partial charge < -0.3 is 9.64 Å². The fourth-order valence-corrected chi connectivity index (χ4v) is 2.11. The molecule has 110 valence electrons. The van der Waals surface area contributed by atoms with Crippen molar-refractivity contribution in [2.24, 2.45) is 4.40 Å². The highest BCUT2D eigenvalue weighted by atomic mass is 32.2. The van der Waals surface area contributed by atoms with Crippen molar-refractivity contribution in [3.8, 4) is 0 Å². The number of ether oxygens (including phenoxy) is 1. The van der Waals surface area contributed by atoms with E-state index < -0.39 is 16.6 Å². The van der Waals surface area contributed by atoms with Gasteiger partial charge in [0.05, 0.1) is 17.0 Å². The molecule has 1 amide bonds. The Morgan fingerprint density at radius 1 is 1.26 bits per heavy atom. The van der Waals surface area contributed by atoms with Crippen molar-refractivity contribution < 1.29 is 13.7 Å². The molecule has 6 heteroatoms. The summed E-state index contributed by atoms with van der Waals surface area (Å²) in [5.74, 6) is 0. The number of hydrogen-bond donors (Lipinski definition) is 0. The molecule has 0 aromatic carbocycles. The summed E-state index contributed by atoms with van der Waals surface area (Å²) in [6, 6.07) is 0. The summed E-state index contributed by atoms with van der Waals surface area (Å²) in [7, 11) is -1.27. The van der Waals surface area contributed by atoms with Gasteiger partial charge in [-0.1, -0.05) is 0 Å². The third kappa shape index (κ3) is 5.30. The van der Waals surface area contributed by atoms with Gasteiger partial charge in [-0.15, -0.1) is 0 Å². The molecule has 1 rings (SSSR count). The summed E-state index contributed by atoms with van der Waals surface area (Å²) in [6.07, 6.45) is 0.334. The minimum Gasteiger partial charge on any atom is -0.444 e. The van der Waals surface area contributed by atoms with Gasteiger partial charge in [0.25, 0.3) is 0 Å². The molecule has 1 fully saturated rings. The number of hydrogen-bond acceptors (Lipinski definition) is 3. The number of amides is 1. The molecule has 0 spiro atoms. The van der Waals surface area contributed by atoms with E-state index in [9.17, 15) is 9.00 Å². The quantitative estimate of drug-likeness (QED) is 0.745. The molecule has 1 saturated heterocycles. The van der Waals surface area contributed by atoms with E-state index in [1.165, 1.54) is 0 Å². The predicted molar refractivity (Wildman–Crippen MR) is 77.8 cm³/mol. The lowest BCUT2D eigenvalue weighted by molar-refractivity contribution is 0.0302. The standard InChI is InChI=1S/C13H24N2O3S/c1-12(2,3)18-11(16)15-8-7-10(9-15)14-19(17)13(4,5)6/h7-9H2,1-6H3/b14-10-. The molecule has 0 bridgehead atoms. The van der Waals surface area contributed by atoms with E-state index in [1.54, 1.807) is 4.90 Å². The Kier molecular flexibility index (Phi) is 4.76. The average Bonchev–Trinajstić information content (AvgIpc) is 2.62. The van der Waals surface area contributed by atoms with E-state index in [4.69, 9.17) is 4.74 Å². The minimum atomic E-state index is -1.27. The van der Waals surface area contributed by atoms with E-state index in [0.717, 1.165) is 5.71 Å². The van der Waals surface area contributed by atoms with Gasteiger partial charge in [-0.3, -0.25) is 0 Å². The fraction of sp³-hybridized carbons (Fsp3) is 0.846. The van der Waals surface area contributed by atoms with Crippen LogP contribution in [0.5, 0.6) is 0 Å². The Labute approximate surface area is 118 Å². The highest BCUT2D eigenvalue weighted by Gasteiger charge is 2.28. The fourth-order valence-electron chi connectivity index (χ4n) is 1.45. The van der Waals surface area contributed by atoms with Gasteiger partial charge in [0.15, 0.2) is 0 Å². The van der Waals surface area contributed by atoms with Crippen LogP contribution in [0.25, 0.3) is 0 Å².